The lowest BCUT2D eigenvalue weighted by Crippen LogP contribution is -2.44. The van der Waals surface area contributed by atoms with Gasteiger partial charge in [0, 0.05) is 13.2 Å². The molecule has 6 heteroatoms. The fraction of sp³-hybridized carbons (Fsp3) is 0.889. The predicted octanol–water partition coefficient (Wildman–Crippen LogP) is 3.82. The molecule has 0 heterocycles. The number of ether oxygens (including phenoxy) is 3. The van der Waals surface area contributed by atoms with Gasteiger partial charge in [0.15, 0.2) is 0 Å². The highest BCUT2D eigenvalue weighted by molar-refractivity contribution is 5.81. The van der Waals surface area contributed by atoms with Crippen LogP contribution in [0.3, 0.4) is 0 Å². The van der Waals surface area contributed by atoms with Gasteiger partial charge in [0.05, 0.1) is 6.10 Å². The van der Waals surface area contributed by atoms with Gasteiger partial charge in [-0.05, 0) is 53.9 Å². The van der Waals surface area contributed by atoms with Crippen molar-refractivity contribution in [2.45, 2.75) is 91.4 Å². The second kappa shape index (κ2) is 12.1. The SMILES string of the molecule is CCCCCOCCC[C@H](NC(=O)OC(C)(C)C)C(=O)OC(C)C. The lowest BCUT2D eigenvalue weighted by atomic mass is 10.1. The van der Waals surface area contributed by atoms with Gasteiger partial charge in [0.25, 0.3) is 0 Å². The first-order chi connectivity index (χ1) is 11.2. The number of carbonyl (C=O) groups is 2. The van der Waals surface area contributed by atoms with Gasteiger partial charge in [-0.25, -0.2) is 9.59 Å². The number of carbonyl (C=O) groups excluding carboxylic acids is 2. The molecule has 142 valence electrons. The molecular formula is C18H35NO5. The number of alkyl carbamates (subject to hydrolysis) is 1. The van der Waals surface area contributed by atoms with Crippen molar-refractivity contribution >= 4 is 12.1 Å². The molecule has 0 aromatic carbocycles. The minimum Gasteiger partial charge on any atom is -0.461 e. The number of rotatable bonds is 11. The third-order valence-corrected chi connectivity index (χ3v) is 3.00. The van der Waals surface area contributed by atoms with E-state index in [2.05, 4.69) is 12.2 Å². The molecule has 0 spiro atoms. The number of unbranched alkanes of at least 4 members (excludes halogenated alkanes) is 2. The largest absolute Gasteiger partial charge is 0.461 e. The van der Waals surface area contributed by atoms with Crippen LogP contribution in [0.5, 0.6) is 0 Å². The van der Waals surface area contributed by atoms with E-state index in [1.165, 1.54) is 0 Å². The van der Waals surface area contributed by atoms with Gasteiger partial charge in [0.2, 0.25) is 0 Å². The van der Waals surface area contributed by atoms with Crippen LogP contribution < -0.4 is 5.32 Å². The van der Waals surface area contributed by atoms with Crippen LogP contribution in [0, 0.1) is 0 Å². The molecule has 0 aliphatic rings. The van der Waals surface area contributed by atoms with Gasteiger partial charge in [-0.1, -0.05) is 19.8 Å². The summed E-state index contributed by atoms with van der Waals surface area (Å²) in [6, 6.07) is -0.721. The highest BCUT2D eigenvalue weighted by Gasteiger charge is 2.25. The Morgan fingerprint density at radius 1 is 1.04 bits per heavy atom. The van der Waals surface area contributed by atoms with Crippen molar-refractivity contribution in [2.24, 2.45) is 0 Å². The van der Waals surface area contributed by atoms with Gasteiger partial charge in [0.1, 0.15) is 11.6 Å². The molecule has 0 aliphatic carbocycles. The van der Waals surface area contributed by atoms with Crippen LogP contribution in [0.25, 0.3) is 0 Å². The van der Waals surface area contributed by atoms with Gasteiger partial charge in [-0.15, -0.1) is 0 Å². The fourth-order valence-corrected chi connectivity index (χ4v) is 1.96. The van der Waals surface area contributed by atoms with Crippen molar-refractivity contribution in [3.8, 4) is 0 Å². The molecule has 24 heavy (non-hydrogen) atoms. The summed E-state index contributed by atoms with van der Waals surface area (Å²) in [5.41, 5.74) is -0.612. The summed E-state index contributed by atoms with van der Waals surface area (Å²) in [6.07, 6.45) is 3.64. The topological polar surface area (TPSA) is 73.9 Å². The molecule has 0 radical (unpaired) electrons. The van der Waals surface area contributed by atoms with Crippen molar-refractivity contribution in [1.29, 1.82) is 0 Å². The standard InChI is InChI=1S/C18H35NO5/c1-7-8-9-12-22-13-10-11-15(16(20)23-14(2)3)19-17(21)24-18(4,5)6/h14-15H,7-13H2,1-6H3,(H,19,21)/t15-/m0/s1. The molecule has 0 saturated carbocycles. The number of nitrogens with one attached hydrogen (secondary N) is 1. The van der Waals surface area contributed by atoms with E-state index in [-0.39, 0.29) is 6.10 Å². The van der Waals surface area contributed by atoms with Crippen LogP contribution in [0.1, 0.15) is 73.6 Å². The number of hydrogen-bond acceptors (Lipinski definition) is 5. The zero-order chi connectivity index (χ0) is 18.6. The summed E-state index contributed by atoms with van der Waals surface area (Å²) in [5, 5.41) is 2.60. The van der Waals surface area contributed by atoms with Crippen LogP contribution in [0.15, 0.2) is 0 Å². The van der Waals surface area contributed by atoms with E-state index in [0.29, 0.717) is 19.4 Å². The Morgan fingerprint density at radius 2 is 1.67 bits per heavy atom. The van der Waals surface area contributed by atoms with Crippen molar-refractivity contribution in [3.63, 3.8) is 0 Å². The summed E-state index contributed by atoms with van der Waals surface area (Å²) in [7, 11) is 0. The first kappa shape index (κ1) is 22.7. The second-order valence-corrected chi connectivity index (χ2v) is 7.15. The smallest absolute Gasteiger partial charge is 0.408 e. The second-order valence-electron chi connectivity index (χ2n) is 7.15. The number of esters is 1. The maximum atomic E-state index is 12.1. The minimum absolute atomic E-state index is 0.231. The van der Waals surface area contributed by atoms with Crippen molar-refractivity contribution in [2.75, 3.05) is 13.2 Å². The van der Waals surface area contributed by atoms with E-state index in [1.54, 1.807) is 34.6 Å². The summed E-state index contributed by atoms with van der Waals surface area (Å²) >= 11 is 0. The predicted molar refractivity (Wildman–Crippen MR) is 94.0 cm³/mol. The number of amides is 1. The van der Waals surface area contributed by atoms with E-state index in [4.69, 9.17) is 14.2 Å². The first-order valence-corrected chi connectivity index (χ1v) is 8.93. The lowest BCUT2D eigenvalue weighted by Gasteiger charge is -2.23. The molecule has 1 amide bonds. The molecule has 0 saturated heterocycles. The Hall–Kier alpha value is -1.30. The van der Waals surface area contributed by atoms with Crippen molar-refractivity contribution in [1.82, 2.24) is 5.32 Å². The molecule has 0 aromatic rings. The molecule has 6 nitrogen and oxygen atoms in total. The molecular weight excluding hydrogens is 310 g/mol. The Morgan fingerprint density at radius 3 is 2.21 bits per heavy atom. The molecule has 0 aliphatic heterocycles. The van der Waals surface area contributed by atoms with Crippen LogP contribution in [0.2, 0.25) is 0 Å². The van der Waals surface area contributed by atoms with Gasteiger partial charge in [-0.3, -0.25) is 0 Å². The van der Waals surface area contributed by atoms with Gasteiger partial charge >= 0.3 is 12.1 Å². The summed E-state index contributed by atoms with van der Waals surface area (Å²) in [6.45, 7) is 12.3. The summed E-state index contributed by atoms with van der Waals surface area (Å²) in [4.78, 5) is 24.0. The Bertz CT molecular complexity index is 363. The third-order valence-electron chi connectivity index (χ3n) is 3.00. The Balaban J connectivity index is 4.33. The monoisotopic (exact) mass is 345 g/mol. The zero-order valence-corrected chi connectivity index (χ0v) is 16.1. The quantitative estimate of drug-likeness (QED) is 0.455. The van der Waals surface area contributed by atoms with Crippen LogP contribution >= 0.6 is 0 Å². The van der Waals surface area contributed by atoms with Crippen molar-refractivity contribution in [3.05, 3.63) is 0 Å². The van der Waals surface area contributed by atoms with E-state index < -0.39 is 23.7 Å². The average Bonchev–Trinajstić information content (AvgIpc) is 2.42. The average molecular weight is 345 g/mol. The van der Waals surface area contributed by atoms with Crippen LogP contribution in [-0.2, 0) is 19.0 Å². The molecule has 0 fully saturated rings. The van der Waals surface area contributed by atoms with E-state index >= 15 is 0 Å². The van der Waals surface area contributed by atoms with E-state index in [9.17, 15) is 9.59 Å². The molecule has 0 rings (SSSR count). The minimum atomic E-state index is -0.721. The normalized spacial score (nSPS) is 12.8. The van der Waals surface area contributed by atoms with Crippen LogP contribution in [-0.4, -0.2) is 43.0 Å². The molecule has 1 N–H and O–H groups in total. The first-order valence-electron chi connectivity index (χ1n) is 8.93. The van der Waals surface area contributed by atoms with E-state index in [1.807, 2.05) is 0 Å². The zero-order valence-electron chi connectivity index (χ0n) is 16.1. The fourth-order valence-electron chi connectivity index (χ4n) is 1.96. The Kier molecular flexibility index (Phi) is 11.5. The molecule has 0 unspecified atom stereocenters. The van der Waals surface area contributed by atoms with Crippen LogP contribution in [0.4, 0.5) is 4.79 Å². The highest BCUT2D eigenvalue weighted by atomic mass is 16.6. The summed E-state index contributed by atoms with van der Waals surface area (Å²) in [5.74, 6) is -0.443. The number of hydrogen-bond donors (Lipinski definition) is 1. The van der Waals surface area contributed by atoms with Gasteiger partial charge < -0.3 is 19.5 Å². The molecule has 0 aromatic heterocycles. The van der Waals surface area contributed by atoms with E-state index in [0.717, 1.165) is 25.9 Å². The molecule has 0 bridgehead atoms. The summed E-state index contributed by atoms with van der Waals surface area (Å²) < 4.78 is 15.9. The third kappa shape index (κ3) is 13.2. The van der Waals surface area contributed by atoms with Crippen molar-refractivity contribution < 1.29 is 23.8 Å². The maximum absolute atomic E-state index is 12.1. The van der Waals surface area contributed by atoms with Gasteiger partial charge in [-0.2, -0.15) is 0 Å². The Labute approximate surface area is 146 Å². The maximum Gasteiger partial charge on any atom is 0.408 e. The highest BCUT2D eigenvalue weighted by Crippen LogP contribution is 2.09. The molecule has 1 atom stereocenters. The lowest BCUT2D eigenvalue weighted by molar-refractivity contribution is -0.150.